The fourth-order valence-corrected chi connectivity index (χ4v) is 2.79. The van der Waals surface area contributed by atoms with Crippen molar-refractivity contribution in [1.29, 1.82) is 0 Å². The predicted molar refractivity (Wildman–Crippen MR) is 80.6 cm³/mol. The van der Waals surface area contributed by atoms with E-state index in [9.17, 15) is 5.11 Å². The molecular weight excluding hydrogens is 252 g/mol. The van der Waals surface area contributed by atoms with E-state index in [2.05, 4.69) is 33.8 Å². The first-order valence-electron chi connectivity index (χ1n) is 7.61. The van der Waals surface area contributed by atoms with E-state index in [1.54, 1.807) is 0 Å². The van der Waals surface area contributed by atoms with Crippen LogP contribution < -0.4 is 9.47 Å². The van der Waals surface area contributed by atoms with Crippen LogP contribution in [0.2, 0.25) is 0 Å². The SMILES string of the molecule is CCCOc1cc2c(cc1OCCC)C(C)(C)CC2O. The summed E-state index contributed by atoms with van der Waals surface area (Å²) in [5.41, 5.74) is 2.16. The number of hydrogen-bond acceptors (Lipinski definition) is 3. The van der Waals surface area contributed by atoms with Gasteiger partial charge in [0.25, 0.3) is 0 Å². The second kappa shape index (κ2) is 6.04. The highest BCUT2D eigenvalue weighted by atomic mass is 16.5. The second-order valence-corrected chi connectivity index (χ2v) is 6.19. The van der Waals surface area contributed by atoms with Gasteiger partial charge in [0.15, 0.2) is 11.5 Å². The van der Waals surface area contributed by atoms with Crippen LogP contribution in [0.1, 0.15) is 64.2 Å². The lowest BCUT2D eigenvalue weighted by Gasteiger charge is -2.20. The van der Waals surface area contributed by atoms with Gasteiger partial charge in [-0.15, -0.1) is 0 Å². The van der Waals surface area contributed by atoms with E-state index >= 15 is 0 Å². The molecule has 3 heteroatoms. The summed E-state index contributed by atoms with van der Waals surface area (Å²) in [5, 5.41) is 10.2. The summed E-state index contributed by atoms with van der Waals surface area (Å²) in [7, 11) is 0. The van der Waals surface area contributed by atoms with Crippen LogP contribution in [0.15, 0.2) is 12.1 Å². The Morgan fingerprint density at radius 2 is 1.65 bits per heavy atom. The Kier molecular flexibility index (Phi) is 4.59. The van der Waals surface area contributed by atoms with Crippen LogP contribution in [0.25, 0.3) is 0 Å². The topological polar surface area (TPSA) is 38.7 Å². The molecule has 0 amide bonds. The summed E-state index contributed by atoms with van der Waals surface area (Å²) >= 11 is 0. The maximum Gasteiger partial charge on any atom is 0.161 e. The minimum Gasteiger partial charge on any atom is -0.490 e. The van der Waals surface area contributed by atoms with Gasteiger partial charge in [-0.2, -0.15) is 0 Å². The molecule has 1 aliphatic rings. The number of fused-ring (bicyclic) bond motifs is 1. The standard InChI is InChI=1S/C17H26O3/c1-5-7-19-15-9-12-13(10-16(15)20-8-6-2)17(3,4)11-14(12)18/h9-10,14,18H,5-8,11H2,1-4H3. The molecule has 0 heterocycles. The maximum atomic E-state index is 10.2. The molecule has 1 aromatic carbocycles. The molecule has 0 bridgehead atoms. The van der Waals surface area contributed by atoms with Gasteiger partial charge in [-0.05, 0) is 47.9 Å². The highest BCUT2D eigenvalue weighted by molar-refractivity contribution is 5.53. The van der Waals surface area contributed by atoms with Gasteiger partial charge in [0.05, 0.1) is 19.3 Å². The van der Waals surface area contributed by atoms with Gasteiger partial charge >= 0.3 is 0 Å². The normalized spacial score (nSPS) is 19.8. The van der Waals surface area contributed by atoms with Crippen molar-refractivity contribution in [2.45, 2.75) is 58.5 Å². The third-order valence-corrected chi connectivity index (χ3v) is 3.83. The highest BCUT2D eigenvalue weighted by Crippen LogP contribution is 2.48. The molecule has 1 aromatic rings. The molecular formula is C17H26O3. The number of hydrogen-bond donors (Lipinski definition) is 1. The average molecular weight is 278 g/mol. The zero-order chi connectivity index (χ0) is 14.8. The van der Waals surface area contributed by atoms with Crippen molar-refractivity contribution in [2.75, 3.05) is 13.2 Å². The molecule has 0 spiro atoms. The molecule has 0 saturated carbocycles. The third-order valence-electron chi connectivity index (χ3n) is 3.83. The van der Waals surface area contributed by atoms with Crippen molar-refractivity contribution in [3.63, 3.8) is 0 Å². The number of rotatable bonds is 6. The van der Waals surface area contributed by atoms with Crippen LogP contribution in [0.5, 0.6) is 11.5 Å². The van der Waals surface area contributed by atoms with Gasteiger partial charge in [-0.1, -0.05) is 27.7 Å². The minimum atomic E-state index is -0.399. The number of aliphatic hydroxyl groups is 1. The van der Waals surface area contributed by atoms with Gasteiger partial charge in [-0.3, -0.25) is 0 Å². The van der Waals surface area contributed by atoms with Crippen LogP contribution >= 0.6 is 0 Å². The molecule has 1 atom stereocenters. The largest absolute Gasteiger partial charge is 0.490 e. The molecule has 0 saturated heterocycles. The molecule has 1 N–H and O–H groups in total. The second-order valence-electron chi connectivity index (χ2n) is 6.19. The van der Waals surface area contributed by atoms with Crippen LogP contribution in [-0.4, -0.2) is 18.3 Å². The van der Waals surface area contributed by atoms with Crippen molar-refractivity contribution >= 4 is 0 Å². The molecule has 0 fully saturated rings. The maximum absolute atomic E-state index is 10.2. The monoisotopic (exact) mass is 278 g/mol. The van der Waals surface area contributed by atoms with Gasteiger partial charge in [0.1, 0.15) is 0 Å². The fourth-order valence-electron chi connectivity index (χ4n) is 2.79. The quantitative estimate of drug-likeness (QED) is 0.855. The third kappa shape index (κ3) is 2.93. The smallest absolute Gasteiger partial charge is 0.161 e. The van der Waals surface area contributed by atoms with Crippen molar-refractivity contribution in [1.82, 2.24) is 0 Å². The predicted octanol–water partition coefficient (Wildman–Crippen LogP) is 3.98. The molecule has 20 heavy (non-hydrogen) atoms. The van der Waals surface area contributed by atoms with Gasteiger partial charge in [-0.25, -0.2) is 0 Å². The molecule has 3 nitrogen and oxygen atoms in total. The van der Waals surface area contributed by atoms with Crippen molar-refractivity contribution < 1.29 is 14.6 Å². The van der Waals surface area contributed by atoms with E-state index in [0.717, 1.165) is 36.3 Å². The Hall–Kier alpha value is -1.22. The minimum absolute atomic E-state index is 0.0115. The van der Waals surface area contributed by atoms with E-state index in [4.69, 9.17) is 9.47 Å². The number of aliphatic hydroxyl groups excluding tert-OH is 1. The molecule has 1 unspecified atom stereocenters. The summed E-state index contributed by atoms with van der Waals surface area (Å²) in [6.45, 7) is 9.85. The Bertz CT molecular complexity index is 466. The first-order chi connectivity index (χ1) is 9.49. The van der Waals surface area contributed by atoms with E-state index in [1.165, 1.54) is 5.56 Å². The molecule has 1 aliphatic carbocycles. The lowest BCUT2D eigenvalue weighted by molar-refractivity contribution is 0.161. The Balaban J connectivity index is 2.38. The van der Waals surface area contributed by atoms with Crippen LogP contribution in [0.3, 0.4) is 0 Å². The summed E-state index contributed by atoms with van der Waals surface area (Å²) in [6, 6.07) is 4.03. The fraction of sp³-hybridized carbons (Fsp3) is 0.647. The van der Waals surface area contributed by atoms with E-state index in [0.29, 0.717) is 13.2 Å². The Morgan fingerprint density at radius 3 is 2.20 bits per heavy atom. The van der Waals surface area contributed by atoms with Crippen molar-refractivity contribution in [2.24, 2.45) is 0 Å². The molecule has 0 radical (unpaired) electrons. The zero-order valence-corrected chi connectivity index (χ0v) is 13.0. The highest BCUT2D eigenvalue weighted by Gasteiger charge is 2.37. The molecule has 0 aliphatic heterocycles. The van der Waals surface area contributed by atoms with E-state index in [1.807, 2.05) is 6.07 Å². The van der Waals surface area contributed by atoms with Gasteiger partial charge in [0, 0.05) is 0 Å². The first kappa shape index (κ1) is 15.2. The van der Waals surface area contributed by atoms with Crippen LogP contribution in [-0.2, 0) is 5.41 Å². The molecule has 112 valence electrons. The zero-order valence-electron chi connectivity index (χ0n) is 13.0. The van der Waals surface area contributed by atoms with Crippen LogP contribution in [0, 0.1) is 0 Å². The number of benzene rings is 1. The average Bonchev–Trinajstić information content (AvgIpc) is 2.63. The summed E-state index contributed by atoms with van der Waals surface area (Å²) in [5.74, 6) is 1.57. The summed E-state index contributed by atoms with van der Waals surface area (Å²) in [4.78, 5) is 0. The van der Waals surface area contributed by atoms with E-state index < -0.39 is 6.10 Å². The number of ether oxygens (including phenoxy) is 2. The Labute approximate surface area is 121 Å². The van der Waals surface area contributed by atoms with Crippen molar-refractivity contribution in [3.05, 3.63) is 23.3 Å². The lowest BCUT2D eigenvalue weighted by atomic mass is 9.86. The van der Waals surface area contributed by atoms with Crippen LogP contribution in [0.4, 0.5) is 0 Å². The summed E-state index contributed by atoms with van der Waals surface area (Å²) < 4.78 is 11.6. The Morgan fingerprint density at radius 1 is 1.10 bits per heavy atom. The lowest BCUT2D eigenvalue weighted by Crippen LogP contribution is -2.13. The molecule has 0 aromatic heterocycles. The van der Waals surface area contributed by atoms with Gasteiger partial charge in [0.2, 0.25) is 0 Å². The van der Waals surface area contributed by atoms with E-state index in [-0.39, 0.29) is 5.41 Å². The summed E-state index contributed by atoms with van der Waals surface area (Å²) in [6.07, 6.45) is 2.28. The molecule has 2 rings (SSSR count). The van der Waals surface area contributed by atoms with Crippen molar-refractivity contribution in [3.8, 4) is 11.5 Å². The van der Waals surface area contributed by atoms with Gasteiger partial charge < -0.3 is 14.6 Å². The first-order valence-corrected chi connectivity index (χ1v) is 7.61.